The van der Waals surface area contributed by atoms with Crippen LogP contribution in [0.1, 0.15) is 31.1 Å². The number of aromatic hydroxyl groups is 2. The van der Waals surface area contributed by atoms with Crippen LogP contribution >= 0.6 is 46.4 Å². The molecule has 3 aromatic rings. The molecule has 0 aliphatic rings. The van der Waals surface area contributed by atoms with Gasteiger partial charge in [0, 0.05) is 0 Å². The molecule has 14 heteroatoms. The predicted octanol–water partition coefficient (Wildman–Crippen LogP) is 5.80. The number of phenolic OH excluding ortho intramolecular Hbond substituents is 2. The molecule has 0 fully saturated rings. The van der Waals surface area contributed by atoms with Crippen LogP contribution in [0.15, 0.2) is 42.5 Å². The molecule has 1 amide bonds. The number of hydrogen-bond acceptors (Lipinski definition) is 7. The quantitative estimate of drug-likeness (QED) is 0.276. The fourth-order valence-corrected chi connectivity index (χ4v) is 3.96. The molecule has 0 aromatic heterocycles. The van der Waals surface area contributed by atoms with Crippen LogP contribution in [0.4, 0.5) is 8.78 Å². The van der Waals surface area contributed by atoms with Gasteiger partial charge in [-0.2, -0.15) is 0 Å². The Morgan fingerprint density at radius 2 is 1.13 bits per heavy atom. The summed E-state index contributed by atoms with van der Waals surface area (Å²) in [6.07, 6.45) is 0. The van der Waals surface area contributed by atoms with E-state index in [1.807, 2.05) is 0 Å². The molecule has 0 aliphatic heterocycles. The number of rotatable bonds is 8. The molecule has 0 bridgehead atoms. The Balaban J connectivity index is 1.78. The lowest BCUT2D eigenvalue weighted by atomic mass is 10.1. The Hall–Kier alpha value is -3.31. The van der Waals surface area contributed by atoms with Crippen LogP contribution < -0.4 is 5.32 Å². The molecule has 200 valence electrons. The Kier molecular flexibility index (Phi) is 9.61. The van der Waals surface area contributed by atoms with Crippen molar-refractivity contribution in [1.29, 1.82) is 0 Å². The molecule has 0 heterocycles. The topological polar surface area (TPSA) is 122 Å². The first-order valence-corrected chi connectivity index (χ1v) is 11.8. The Morgan fingerprint density at radius 3 is 1.50 bits per heavy atom. The van der Waals surface area contributed by atoms with Crippen molar-refractivity contribution in [2.75, 3.05) is 13.2 Å². The number of halogens is 6. The van der Waals surface area contributed by atoms with Gasteiger partial charge in [0.25, 0.3) is 5.91 Å². The number of nitrogens with one attached hydrogen (secondary N) is 1. The van der Waals surface area contributed by atoms with Gasteiger partial charge in [0.2, 0.25) is 0 Å². The first-order chi connectivity index (χ1) is 17.9. The largest absolute Gasteiger partial charge is 0.505 e. The summed E-state index contributed by atoms with van der Waals surface area (Å²) >= 11 is 23.2. The van der Waals surface area contributed by atoms with Crippen LogP contribution in [0.2, 0.25) is 20.1 Å². The van der Waals surface area contributed by atoms with Crippen molar-refractivity contribution in [2.45, 2.75) is 6.04 Å². The van der Waals surface area contributed by atoms with E-state index in [0.29, 0.717) is 0 Å². The minimum atomic E-state index is -1.31. The van der Waals surface area contributed by atoms with E-state index in [2.05, 4.69) is 5.32 Å². The fourth-order valence-electron chi connectivity index (χ4n) is 2.99. The van der Waals surface area contributed by atoms with Gasteiger partial charge in [0.05, 0.1) is 37.3 Å². The van der Waals surface area contributed by atoms with E-state index < -0.39 is 65.8 Å². The standard InChI is InChI=1S/C24H15Cl4F2NO7/c25-13-4-10(5-14(26)20(13)32)23(35)37-8-12(31-22(34)19-17(29)2-1-3-18(19)30)9-38-24(36)11-6-15(27)21(33)16(28)7-11/h1-7,12,32-33H,8-9H2,(H,31,34). The Bertz CT molecular complexity index is 1280. The van der Waals surface area contributed by atoms with Gasteiger partial charge in [-0.15, -0.1) is 0 Å². The van der Waals surface area contributed by atoms with Crippen molar-refractivity contribution in [1.82, 2.24) is 5.32 Å². The van der Waals surface area contributed by atoms with Crippen LogP contribution in [0.25, 0.3) is 0 Å². The minimum Gasteiger partial charge on any atom is -0.505 e. The zero-order valence-corrected chi connectivity index (χ0v) is 21.8. The van der Waals surface area contributed by atoms with Crippen molar-refractivity contribution in [3.05, 3.63) is 90.9 Å². The summed E-state index contributed by atoms with van der Waals surface area (Å²) < 4.78 is 38.4. The monoisotopic (exact) mass is 607 g/mol. The van der Waals surface area contributed by atoms with E-state index in [1.165, 1.54) is 0 Å². The summed E-state index contributed by atoms with van der Waals surface area (Å²) in [6, 6.07) is 5.78. The number of ether oxygens (including phenoxy) is 2. The maximum absolute atomic E-state index is 14.1. The predicted molar refractivity (Wildman–Crippen MR) is 134 cm³/mol. The highest BCUT2D eigenvalue weighted by Crippen LogP contribution is 2.34. The molecule has 0 atom stereocenters. The highest BCUT2D eigenvalue weighted by atomic mass is 35.5. The zero-order valence-electron chi connectivity index (χ0n) is 18.7. The van der Waals surface area contributed by atoms with Crippen molar-refractivity contribution < 1.29 is 42.9 Å². The van der Waals surface area contributed by atoms with Crippen LogP contribution in [-0.4, -0.2) is 47.3 Å². The Morgan fingerprint density at radius 1 is 0.763 bits per heavy atom. The number of phenols is 2. The molecule has 0 aliphatic carbocycles. The van der Waals surface area contributed by atoms with Gasteiger partial charge < -0.3 is 25.0 Å². The average molecular weight is 609 g/mol. The smallest absolute Gasteiger partial charge is 0.338 e. The third-order valence-corrected chi connectivity index (χ3v) is 6.01. The second kappa shape index (κ2) is 12.5. The maximum atomic E-state index is 14.1. The fraction of sp³-hybridized carbons (Fsp3) is 0.125. The normalized spacial score (nSPS) is 10.8. The van der Waals surface area contributed by atoms with Gasteiger partial charge in [-0.1, -0.05) is 52.5 Å². The van der Waals surface area contributed by atoms with E-state index in [4.69, 9.17) is 55.9 Å². The summed E-state index contributed by atoms with van der Waals surface area (Å²) in [5, 5.41) is 20.6. The number of hydrogen-bond donors (Lipinski definition) is 3. The summed E-state index contributed by atoms with van der Waals surface area (Å²) in [5.74, 6) is -6.42. The third kappa shape index (κ3) is 6.96. The van der Waals surface area contributed by atoms with Crippen LogP contribution in [-0.2, 0) is 9.47 Å². The number of carbonyl (C=O) groups excluding carboxylic acids is 3. The molecule has 0 unspecified atom stereocenters. The van der Waals surface area contributed by atoms with Gasteiger partial charge in [0.15, 0.2) is 11.5 Å². The molecule has 3 N–H and O–H groups in total. The molecule has 8 nitrogen and oxygen atoms in total. The lowest BCUT2D eigenvalue weighted by Crippen LogP contribution is -2.43. The summed E-state index contributed by atoms with van der Waals surface area (Å²) in [6.45, 7) is -1.28. The third-order valence-electron chi connectivity index (χ3n) is 4.86. The van der Waals surface area contributed by atoms with Gasteiger partial charge in [-0.25, -0.2) is 18.4 Å². The van der Waals surface area contributed by atoms with E-state index in [0.717, 1.165) is 42.5 Å². The van der Waals surface area contributed by atoms with E-state index in [-0.39, 0.29) is 31.2 Å². The van der Waals surface area contributed by atoms with E-state index in [1.54, 1.807) is 0 Å². The second-order valence-corrected chi connectivity index (χ2v) is 9.17. The van der Waals surface area contributed by atoms with Gasteiger partial charge >= 0.3 is 11.9 Å². The number of esters is 2. The molecular weight excluding hydrogens is 594 g/mol. The van der Waals surface area contributed by atoms with E-state index in [9.17, 15) is 33.4 Å². The molecular formula is C24H15Cl4F2NO7. The van der Waals surface area contributed by atoms with Crippen LogP contribution in [0, 0.1) is 11.6 Å². The SMILES string of the molecule is O=C(OCC(COC(=O)c1cc(Cl)c(O)c(Cl)c1)NC(=O)c1c(F)cccc1F)c1cc(Cl)c(O)c(Cl)c1. The van der Waals surface area contributed by atoms with Gasteiger partial charge in [-0.3, -0.25) is 4.79 Å². The molecule has 0 radical (unpaired) electrons. The second-order valence-electron chi connectivity index (χ2n) is 7.54. The maximum Gasteiger partial charge on any atom is 0.338 e. The van der Waals surface area contributed by atoms with Crippen molar-refractivity contribution in [2.24, 2.45) is 0 Å². The molecule has 3 rings (SSSR count). The first-order valence-electron chi connectivity index (χ1n) is 10.3. The molecule has 38 heavy (non-hydrogen) atoms. The number of amides is 1. The molecule has 0 saturated carbocycles. The minimum absolute atomic E-state index is 0.159. The highest BCUT2D eigenvalue weighted by Gasteiger charge is 2.24. The number of benzene rings is 3. The summed E-state index contributed by atoms with van der Waals surface area (Å²) in [4.78, 5) is 37.5. The molecule has 0 saturated heterocycles. The van der Waals surface area contributed by atoms with Crippen molar-refractivity contribution >= 4 is 64.2 Å². The van der Waals surface area contributed by atoms with Gasteiger partial charge in [0.1, 0.15) is 30.4 Å². The first kappa shape index (κ1) is 29.2. The summed E-state index contributed by atoms with van der Waals surface area (Å²) in [7, 11) is 0. The van der Waals surface area contributed by atoms with E-state index >= 15 is 0 Å². The lowest BCUT2D eigenvalue weighted by molar-refractivity contribution is 0.0308. The Labute approximate surface area is 233 Å². The molecule has 3 aromatic carbocycles. The van der Waals surface area contributed by atoms with Crippen molar-refractivity contribution in [3.8, 4) is 11.5 Å². The highest BCUT2D eigenvalue weighted by molar-refractivity contribution is 6.38. The summed E-state index contributed by atoms with van der Waals surface area (Å²) in [5.41, 5.74) is -1.23. The zero-order chi connectivity index (χ0) is 28.1. The average Bonchev–Trinajstić information content (AvgIpc) is 2.86. The lowest BCUT2D eigenvalue weighted by Gasteiger charge is -2.19. The van der Waals surface area contributed by atoms with Crippen molar-refractivity contribution in [3.63, 3.8) is 0 Å². The number of carbonyl (C=O) groups is 3. The van der Waals surface area contributed by atoms with Crippen LogP contribution in [0.3, 0.4) is 0 Å². The molecule has 0 spiro atoms. The van der Waals surface area contributed by atoms with Gasteiger partial charge in [-0.05, 0) is 36.4 Å². The van der Waals surface area contributed by atoms with Crippen LogP contribution in [0.5, 0.6) is 11.5 Å².